The van der Waals surface area contributed by atoms with Crippen LogP contribution in [0.25, 0.3) is 5.57 Å². The molecule has 1 amide bonds. The first kappa shape index (κ1) is 22.3. The molecule has 0 fully saturated rings. The summed E-state index contributed by atoms with van der Waals surface area (Å²) in [7, 11) is 0. The van der Waals surface area contributed by atoms with E-state index in [0.29, 0.717) is 12.1 Å². The molecule has 0 aliphatic rings. The molecule has 32 heavy (non-hydrogen) atoms. The Morgan fingerprint density at radius 3 is 2.59 bits per heavy atom. The minimum Gasteiger partial charge on any atom is -0.501 e. The zero-order valence-electron chi connectivity index (χ0n) is 17.3. The van der Waals surface area contributed by atoms with Gasteiger partial charge in [0.05, 0.1) is 6.04 Å². The van der Waals surface area contributed by atoms with Gasteiger partial charge in [-0.25, -0.2) is 4.79 Å². The van der Waals surface area contributed by atoms with Crippen molar-refractivity contribution < 1.29 is 9.90 Å². The summed E-state index contributed by atoms with van der Waals surface area (Å²) in [5.41, 5.74) is 0.822. The van der Waals surface area contributed by atoms with Crippen molar-refractivity contribution in [2.45, 2.75) is 19.5 Å². The second kappa shape index (κ2) is 10.1. The summed E-state index contributed by atoms with van der Waals surface area (Å²) in [5.74, 6) is -1.66. The molecular weight excluding hydrogens is 410 g/mol. The third-order valence-corrected chi connectivity index (χ3v) is 4.77. The van der Waals surface area contributed by atoms with Gasteiger partial charge in [0, 0.05) is 24.5 Å². The van der Waals surface area contributed by atoms with E-state index in [4.69, 9.17) is 5.41 Å². The molecule has 1 aromatic heterocycles. The van der Waals surface area contributed by atoms with Crippen LogP contribution in [0.1, 0.15) is 40.1 Å². The Morgan fingerprint density at radius 2 is 1.88 bits per heavy atom. The van der Waals surface area contributed by atoms with Crippen LogP contribution in [0, 0.1) is 5.41 Å². The quantitative estimate of drug-likeness (QED) is 0.300. The minimum absolute atomic E-state index is 0.506. The van der Waals surface area contributed by atoms with E-state index < -0.39 is 34.6 Å². The van der Waals surface area contributed by atoms with E-state index in [9.17, 15) is 19.5 Å². The number of H-pyrrole nitrogens is 2. The number of nitrogens with one attached hydrogen (secondary N) is 5. The third-order valence-electron chi connectivity index (χ3n) is 4.77. The van der Waals surface area contributed by atoms with Crippen molar-refractivity contribution in [3.8, 4) is 5.75 Å². The number of carbonyl (C=O) groups excluding carboxylic acids is 1. The van der Waals surface area contributed by atoms with Gasteiger partial charge in [0.25, 0.3) is 11.5 Å². The van der Waals surface area contributed by atoms with Gasteiger partial charge in [-0.05, 0) is 29.7 Å². The number of hydrogen-bond donors (Lipinski definition) is 6. The van der Waals surface area contributed by atoms with E-state index in [0.717, 1.165) is 16.7 Å². The number of carbonyl (C=O) groups is 1. The van der Waals surface area contributed by atoms with Gasteiger partial charge in [-0.1, -0.05) is 48.5 Å². The number of aromatic hydroxyl groups is 1. The number of rotatable bonds is 8. The highest BCUT2D eigenvalue weighted by molar-refractivity contribution is 6.08. The maximum Gasteiger partial charge on any atom is 0.326 e. The first-order valence-corrected chi connectivity index (χ1v) is 9.83. The van der Waals surface area contributed by atoms with E-state index in [-0.39, 0.29) is 0 Å². The summed E-state index contributed by atoms with van der Waals surface area (Å²) in [4.78, 5) is 39.4. The van der Waals surface area contributed by atoms with Gasteiger partial charge < -0.3 is 21.1 Å². The molecule has 2 aromatic carbocycles. The predicted octanol–water partition coefficient (Wildman–Crippen LogP) is 2.04. The molecule has 3 rings (SSSR count). The Hall–Kier alpha value is -4.40. The highest BCUT2D eigenvalue weighted by Crippen LogP contribution is 2.19. The summed E-state index contributed by atoms with van der Waals surface area (Å²) in [5, 5.41) is 23.4. The van der Waals surface area contributed by atoms with Crippen LogP contribution in [0.3, 0.4) is 0 Å². The zero-order chi connectivity index (χ0) is 23.1. The van der Waals surface area contributed by atoms with Crippen molar-refractivity contribution in [2.24, 2.45) is 0 Å². The minimum atomic E-state index is -1.04. The van der Waals surface area contributed by atoms with E-state index in [1.165, 1.54) is 6.21 Å². The molecule has 6 N–H and O–H groups in total. The number of amides is 1. The number of allylic oxidation sites excluding steroid dienone is 1. The van der Waals surface area contributed by atoms with E-state index in [1.54, 1.807) is 25.3 Å². The number of hydrogen-bond acceptors (Lipinski definition) is 6. The lowest BCUT2D eigenvalue weighted by molar-refractivity contribution is 0.0931. The predicted molar refractivity (Wildman–Crippen MR) is 122 cm³/mol. The van der Waals surface area contributed by atoms with Crippen LogP contribution in [0.2, 0.25) is 0 Å². The fourth-order valence-corrected chi connectivity index (χ4v) is 3.07. The Kier molecular flexibility index (Phi) is 7.02. The molecule has 9 heteroatoms. The maximum atomic E-state index is 12.5. The number of aromatic nitrogens is 2. The zero-order valence-corrected chi connectivity index (χ0v) is 17.3. The van der Waals surface area contributed by atoms with Gasteiger partial charge in [0.15, 0.2) is 5.69 Å². The molecule has 0 aliphatic heterocycles. The van der Waals surface area contributed by atoms with Crippen LogP contribution in [0.4, 0.5) is 0 Å². The van der Waals surface area contributed by atoms with Gasteiger partial charge in [0.1, 0.15) is 0 Å². The van der Waals surface area contributed by atoms with E-state index >= 15 is 0 Å². The van der Waals surface area contributed by atoms with Crippen LogP contribution in [-0.4, -0.2) is 27.2 Å². The second-order valence-electron chi connectivity index (χ2n) is 7.06. The first-order valence-electron chi connectivity index (χ1n) is 9.83. The molecule has 0 unspecified atom stereocenters. The lowest BCUT2D eigenvalue weighted by Crippen LogP contribution is -2.32. The van der Waals surface area contributed by atoms with Crippen LogP contribution >= 0.6 is 0 Å². The van der Waals surface area contributed by atoms with Gasteiger partial charge in [0.2, 0.25) is 5.75 Å². The fourth-order valence-electron chi connectivity index (χ4n) is 3.07. The molecule has 0 spiro atoms. The summed E-state index contributed by atoms with van der Waals surface area (Å²) in [6.07, 6.45) is 2.99. The highest BCUT2D eigenvalue weighted by atomic mass is 16.3. The van der Waals surface area contributed by atoms with Crippen molar-refractivity contribution in [1.29, 1.82) is 5.41 Å². The van der Waals surface area contributed by atoms with Crippen molar-refractivity contribution >= 4 is 17.7 Å². The SMILES string of the molecule is C[C@@H](NC(=O)c1[nH]c(=O)[nH]c(=O)c1O)c1cccc(/C(C=N)=C/NCc2ccccc2)c1. The maximum absolute atomic E-state index is 12.5. The van der Waals surface area contributed by atoms with Crippen LogP contribution in [0.15, 0.2) is 70.4 Å². The number of aromatic amines is 2. The van der Waals surface area contributed by atoms with Gasteiger partial charge in [-0.3, -0.25) is 19.6 Å². The summed E-state index contributed by atoms with van der Waals surface area (Å²) >= 11 is 0. The van der Waals surface area contributed by atoms with Crippen molar-refractivity contribution in [1.82, 2.24) is 20.6 Å². The second-order valence-corrected chi connectivity index (χ2v) is 7.06. The average molecular weight is 433 g/mol. The largest absolute Gasteiger partial charge is 0.501 e. The van der Waals surface area contributed by atoms with Gasteiger partial charge in [-0.15, -0.1) is 0 Å². The lowest BCUT2D eigenvalue weighted by Gasteiger charge is -2.16. The first-order chi connectivity index (χ1) is 15.4. The molecule has 3 aromatic rings. The Labute approximate surface area is 183 Å². The molecule has 0 saturated carbocycles. The standard InChI is InChI=1S/C23H23N5O4/c1-14(26-21(30)19-20(29)22(31)28-23(32)27-19)16-8-5-9-17(10-16)18(11-24)13-25-12-15-6-3-2-4-7-15/h2-11,13-14,24-25,29H,12H2,1H3,(H,26,30)(H2,27,28,31,32)/b18-13+,24-11?/t14-/m1/s1. The molecule has 0 aliphatic carbocycles. The smallest absolute Gasteiger partial charge is 0.326 e. The van der Waals surface area contributed by atoms with Crippen molar-refractivity contribution in [2.75, 3.05) is 0 Å². The van der Waals surface area contributed by atoms with E-state index in [1.807, 2.05) is 47.4 Å². The molecule has 9 nitrogen and oxygen atoms in total. The third kappa shape index (κ3) is 5.39. The molecule has 1 heterocycles. The van der Waals surface area contributed by atoms with Crippen LogP contribution in [-0.2, 0) is 6.54 Å². The highest BCUT2D eigenvalue weighted by Gasteiger charge is 2.18. The van der Waals surface area contributed by atoms with Crippen LogP contribution < -0.4 is 21.9 Å². The molecule has 1 atom stereocenters. The van der Waals surface area contributed by atoms with E-state index in [2.05, 4.69) is 15.6 Å². The molecular formula is C23H23N5O4. The summed E-state index contributed by atoms with van der Waals surface area (Å²) in [6, 6.07) is 16.6. The topological polar surface area (TPSA) is 151 Å². The average Bonchev–Trinajstić information content (AvgIpc) is 2.79. The lowest BCUT2D eigenvalue weighted by atomic mass is 10.0. The Balaban J connectivity index is 1.74. The van der Waals surface area contributed by atoms with Crippen LogP contribution in [0.5, 0.6) is 5.75 Å². The van der Waals surface area contributed by atoms with Crippen molar-refractivity contribution in [3.05, 3.63) is 104 Å². The summed E-state index contributed by atoms with van der Waals surface area (Å²) in [6.45, 7) is 2.34. The normalized spacial score (nSPS) is 12.1. The van der Waals surface area contributed by atoms with Crippen molar-refractivity contribution in [3.63, 3.8) is 0 Å². The Bertz CT molecular complexity index is 1260. The monoisotopic (exact) mass is 433 g/mol. The van der Waals surface area contributed by atoms with Gasteiger partial charge >= 0.3 is 5.69 Å². The molecule has 0 saturated heterocycles. The summed E-state index contributed by atoms with van der Waals surface area (Å²) < 4.78 is 0. The number of benzene rings is 2. The molecule has 0 bridgehead atoms. The fraction of sp³-hybridized carbons (Fsp3) is 0.130. The van der Waals surface area contributed by atoms with Gasteiger partial charge in [-0.2, -0.15) is 0 Å². The molecule has 164 valence electrons. The Morgan fingerprint density at radius 1 is 1.12 bits per heavy atom. The molecule has 0 radical (unpaired) electrons.